The lowest BCUT2D eigenvalue weighted by molar-refractivity contribution is 0.306. The summed E-state index contributed by atoms with van der Waals surface area (Å²) in [5.74, 6) is 0.653. The standard InChI is InChI=1S/C6H16ClN3/c7-1-4-10(5-2-8)6-3-9/h1-6,8-9H2. The van der Waals surface area contributed by atoms with Crippen LogP contribution in [0.25, 0.3) is 0 Å². The molecular formula is C6H16ClN3. The first-order valence-corrected chi connectivity index (χ1v) is 4.07. The summed E-state index contributed by atoms with van der Waals surface area (Å²) in [5.41, 5.74) is 10.7. The van der Waals surface area contributed by atoms with E-state index >= 15 is 0 Å². The average Bonchev–Trinajstić information content (AvgIpc) is 1.90. The van der Waals surface area contributed by atoms with Gasteiger partial charge in [0.05, 0.1) is 0 Å². The van der Waals surface area contributed by atoms with Crippen LogP contribution in [-0.2, 0) is 0 Å². The molecule has 10 heavy (non-hydrogen) atoms. The van der Waals surface area contributed by atoms with E-state index in [1.807, 2.05) is 0 Å². The highest BCUT2D eigenvalue weighted by molar-refractivity contribution is 6.18. The zero-order valence-corrected chi connectivity index (χ0v) is 6.98. The fourth-order valence-electron chi connectivity index (χ4n) is 0.820. The van der Waals surface area contributed by atoms with Crippen molar-refractivity contribution in [1.82, 2.24) is 4.90 Å². The van der Waals surface area contributed by atoms with Crippen LogP contribution < -0.4 is 11.5 Å². The van der Waals surface area contributed by atoms with Gasteiger partial charge in [-0.25, -0.2) is 0 Å². The second kappa shape index (κ2) is 7.28. The van der Waals surface area contributed by atoms with E-state index in [2.05, 4.69) is 4.90 Å². The first-order chi connectivity index (χ1) is 4.85. The molecule has 0 saturated carbocycles. The molecule has 0 heterocycles. The van der Waals surface area contributed by atoms with Gasteiger partial charge in [0, 0.05) is 38.6 Å². The molecule has 4 N–H and O–H groups in total. The van der Waals surface area contributed by atoms with Crippen molar-refractivity contribution in [3.8, 4) is 0 Å². The minimum Gasteiger partial charge on any atom is -0.329 e. The fraction of sp³-hybridized carbons (Fsp3) is 1.00. The summed E-state index contributed by atoms with van der Waals surface area (Å²) in [7, 11) is 0. The topological polar surface area (TPSA) is 55.3 Å². The predicted octanol–water partition coefficient (Wildman–Crippen LogP) is -0.555. The quantitative estimate of drug-likeness (QED) is 0.519. The Morgan fingerprint density at radius 3 is 1.80 bits per heavy atom. The largest absolute Gasteiger partial charge is 0.329 e. The molecule has 0 aromatic rings. The summed E-state index contributed by atoms with van der Waals surface area (Å²) in [6.45, 7) is 4.03. The molecule has 0 aliphatic carbocycles. The van der Waals surface area contributed by atoms with Crippen LogP contribution in [-0.4, -0.2) is 43.5 Å². The molecule has 0 aliphatic rings. The first kappa shape index (κ1) is 10.2. The fourth-order valence-corrected chi connectivity index (χ4v) is 1.06. The van der Waals surface area contributed by atoms with E-state index in [-0.39, 0.29) is 0 Å². The third-order valence-electron chi connectivity index (χ3n) is 1.29. The summed E-state index contributed by atoms with van der Waals surface area (Å²) < 4.78 is 0. The van der Waals surface area contributed by atoms with E-state index in [1.165, 1.54) is 0 Å². The number of nitrogens with two attached hydrogens (primary N) is 2. The van der Waals surface area contributed by atoms with E-state index in [0.29, 0.717) is 19.0 Å². The predicted molar refractivity (Wildman–Crippen MR) is 45.3 cm³/mol. The molecule has 0 spiro atoms. The molecule has 0 saturated heterocycles. The molecule has 0 bridgehead atoms. The number of hydrogen-bond acceptors (Lipinski definition) is 3. The van der Waals surface area contributed by atoms with Crippen molar-refractivity contribution >= 4 is 11.6 Å². The molecule has 0 atom stereocenters. The van der Waals surface area contributed by atoms with Crippen LogP contribution in [0.5, 0.6) is 0 Å². The van der Waals surface area contributed by atoms with Gasteiger partial charge in [-0.15, -0.1) is 11.6 Å². The molecule has 0 aliphatic heterocycles. The van der Waals surface area contributed by atoms with Crippen LogP contribution >= 0.6 is 11.6 Å². The molecule has 0 aromatic heterocycles. The lowest BCUT2D eigenvalue weighted by Crippen LogP contribution is -2.35. The van der Waals surface area contributed by atoms with Crippen LogP contribution in [0, 0.1) is 0 Å². The Kier molecular flexibility index (Phi) is 7.40. The van der Waals surface area contributed by atoms with Crippen molar-refractivity contribution in [3.63, 3.8) is 0 Å². The lowest BCUT2D eigenvalue weighted by Gasteiger charge is -2.18. The Morgan fingerprint density at radius 1 is 1.00 bits per heavy atom. The Labute approximate surface area is 67.3 Å². The maximum Gasteiger partial charge on any atom is 0.0351 e. The van der Waals surface area contributed by atoms with E-state index in [9.17, 15) is 0 Å². The number of alkyl halides is 1. The summed E-state index contributed by atoms with van der Waals surface area (Å²) in [6.07, 6.45) is 0. The maximum absolute atomic E-state index is 5.54. The molecule has 62 valence electrons. The van der Waals surface area contributed by atoms with Gasteiger partial charge in [0.1, 0.15) is 0 Å². The van der Waals surface area contributed by atoms with Crippen molar-refractivity contribution in [2.24, 2.45) is 11.5 Å². The Bertz CT molecular complexity index is 55.7. The van der Waals surface area contributed by atoms with Crippen molar-refractivity contribution in [2.45, 2.75) is 0 Å². The Hall–Kier alpha value is 0.170. The smallest absolute Gasteiger partial charge is 0.0351 e. The van der Waals surface area contributed by atoms with Gasteiger partial charge in [0.2, 0.25) is 0 Å². The number of nitrogens with zero attached hydrogens (tertiary/aromatic N) is 1. The highest BCUT2D eigenvalue weighted by Gasteiger charge is 1.99. The second-order valence-electron chi connectivity index (χ2n) is 2.11. The van der Waals surface area contributed by atoms with Crippen molar-refractivity contribution in [3.05, 3.63) is 0 Å². The Balaban J connectivity index is 3.30. The lowest BCUT2D eigenvalue weighted by atomic mass is 10.4. The van der Waals surface area contributed by atoms with Gasteiger partial charge in [-0.1, -0.05) is 0 Å². The molecule has 0 amide bonds. The maximum atomic E-state index is 5.54. The van der Waals surface area contributed by atoms with Crippen molar-refractivity contribution < 1.29 is 0 Å². The van der Waals surface area contributed by atoms with Crippen LogP contribution in [0.2, 0.25) is 0 Å². The van der Waals surface area contributed by atoms with Gasteiger partial charge in [0.25, 0.3) is 0 Å². The van der Waals surface area contributed by atoms with Gasteiger partial charge in [-0.05, 0) is 0 Å². The van der Waals surface area contributed by atoms with Gasteiger partial charge >= 0.3 is 0 Å². The van der Waals surface area contributed by atoms with Crippen LogP contribution in [0.15, 0.2) is 0 Å². The number of hydrogen-bond donors (Lipinski definition) is 2. The van der Waals surface area contributed by atoms with Crippen molar-refractivity contribution in [2.75, 3.05) is 38.6 Å². The normalized spacial score (nSPS) is 10.8. The zero-order valence-electron chi connectivity index (χ0n) is 6.22. The Morgan fingerprint density at radius 2 is 1.50 bits per heavy atom. The zero-order chi connectivity index (χ0) is 7.82. The monoisotopic (exact) mass is 165 g/mol. The summed E-state index contributed by atoms with van der Waals surface area (Å²) in [6, 6.07) is 0. The molecule has 0 radical (unpaired) electrons. The summed E-state index contributed by atoms with van der Waals surface area (Å²) >= 11 is 5.54. The van der Waals surface area contributed by atoms with Crippen molar-refractivity contribution in [1.29, 1.82) is 0 Å². The van der Waals surface area contributed by atoms with E-state index in [0.717, 1.165) is 19.6 Å². The third kappa shape index (κ3) is 4.99. The molecule has 0 fully saturated rings. The van der Waals surface area contributed by atoms with E-state index in [4.69, 9.17) is 23.1 Å². The average molecular weight is 166 g/mol. The molecule has 0 unspecified atom stereocenters. The summed E-state index contributed by atoms with van der Waals surface area (Å²) in [5, 5.41) is 0. The number of rotatable bonds is 6. The van der Waals surface area contributed by atoms with Crippen LogP contribution in [0.4, 0.5) is 0 Å². The summed E-state index contributed by atoms with van der Waals surface area (Å²) in [4.78, 5) is 2.16. The highest BCUT2D eigenvalue weighted by atomic mass is 35.5. The van der Waals surface area contributed by atoms with Crippen LogP contribution in [0.3, 0.4) is 0 Å². The SMILES string of the molecule is NCCN(CCN)CCCl. The third-order valence-corrected chi connectivity index (χ3v) is 1.46. The minimum atomic E-state index is 0.653. The van der Waals surface area contributed by atoms with Gasteiger partial charge < -0.3 is 11.5 Å². The molecule has 0 rings (SSSR count). The first-order valence-electron chi connectivity index (χ1n) is 3.53. The molecule has 4 heteroatoms. The molecule has 0 aromatic carbocycles. The minimum absolute atomic E-state index is 0.653. The van der Waals surface area contributed by atoms with E-state index < -0.39 is 0 Å². The van der Waals surface area contributed by atoms with Gasteiger partial charge in [0.15, 0.2) is 0 Å². The number of halogens is 1. The van der Waals surface area contributed by atoms with Gasteiger partial charge in [-0.3, -0.25) is 4.90 Å². The highest BCUT2D eigenvalue weighted by Crippen LogP contribution is 1.86. The second-order valence-corrected chi connectivity index (χ2v) is 2.49. The van der Waals surface area contributed by atoms with Gasteiger partial charge in [-0.2, -0.15) is 0 Å². The van der Waals surface area contributed by atoms with E-state index in [1.54, 1.807) is 0 Å². The van der Waals surface area contributed by atoms with Crippen LogP contribution in [0.1, 0.15) is 0 Å². The molecular weight excluding hydrogens is 150 g/mol. The molecule has 3 nitrogen and oxygen atoms in total.